The topological polar surface area (TPSA) is 110 Å². The first-order valence-electron chi connectivity index (χ1n) is 12.5. The molecule has 0 spiro atoms. The Morgan fingerprint density at radius 2 is 1.71 bits per heavy atom. The minimum Gasteiger partial charge on any atom is -0.490 e. The molecule has 0 unspecified atom stereocenters. The molecule has 0 radical (unpaired) electrons. The van der Waals surface area contributed by atoms with Crippen LogP contribution in [0.5, 0.6) is 17.2 Å². The monoisotopic (exact) mass is 523 g/mol. The van der Waals surface area contributed by atoms with Crippen LogP contribution in [0.15, 0.2) is 53.7 Å². The molecular weight excluding hydrogens is 493 g/mol. The Kier molecular flexibility index (Phi) is 8.57. The van der Waals surface area contributed by atoms with Gasteiger partial charge in [0.2, 0.25) is 5.75 Å². The molecule has 38 heavy (non-hydrogen) atoms. The first-order chi connectivity index (χ1) is 18.5. The average molecular weight is 524 g/mol. The van der Waals surface area contributed by atoms with Crippen molar-refractivity contribution in [1.82, 2.24) is 24.6 Å². The molecule has 1 N–H and O–H groups in total. The molecule has 0 fully saturated rings. The van der Waals surface area contributed by atoms with Crippen molar-refractivity contribution in [3.63, 3.8) is 0 Å². The van der Waals surface area contributed by atoms with Gasteiger partial charge in [0.15, 0.2) is 17.1 Å². The summed E-state index contributed by atoms with van der Waals surface area (Å²) in [6.45, 7) is 7.36. The van der Waals surface area contributed by atoms with E-state index in [1.807, 2.05) is 20.8 Å². The number of halogens is 1. The summed E-state index contributed by atoms with van der Waals surface area (Å²) in [5.41, 5.74) is 0.808. The first kappa shape index (κ1) is 26.6. The maximum Gasteiger partial charge on any atom is 0.264 e. The second-order valence-corrected chi connectivity index (χ2v) is 8.23. The van der Waals surface area contributed by atoms with Gasteiger partial charge in [-0.15, -0.1) is 0 Å². The molecule has 2 heterocycles. The lowest BCUT2D eigenvalue weighted by molar-refractivity contribution is 0.0951. The Morgan fingerprint density at radius 3 is 2.37 bits per heavy atom. The van der Waals surface area contributed by atoms with Crippen LogP contribution in [0.4, 0.5) is 4.39 Å². The molecule has 2 aromatic heterocycles. The molecule has 1 amide bonds. The Bertz CT molecular complexity index is 1460. The number of amides is 1. The van der Waals surface area contributed by atoms with Crippen molar-refractivity contribution in [2.45, 2.75) is 33.9 Å². The highest BCUT2D eigenvalue weighted by atomic mass is 19.1. The highest BCUT2D eigenvalue weighted by molar-refractivity contribution is 5.95. The molecule has 11 heteroatoms. The molecule has 0 saturated heterocycles. The van der Waals surface area contributed by atoms with Crippen molar-refractivity contribution < 1.29 is 23.4 Å². The summed E-state index contributed by atoms with van der Waals surface area (Å²) in [4.78, 5) is 30.2. The summed E-state index contributed by atoms with van der Waals surface area (Å²) < 4.78 is 34.0. The molecule has 0 bridgehead atoms. The fourth-order valence-corrected chi connectivity index (χ4v) is 3.98. The van der Waals surface area contributed by atoms with Crippen LogP contribution < -0.4 is 25.1 Å². The SMILES string of the molecule is CCOc1cc(C(=O)NCCn2ncc3c(=O)n(Cc4ccccc4F)cnc32)cc(OCC)c1OCC. The van der Waals surface area contributed by atoms with E-state index < -0.39 is 0 Å². The average Bonchev–Trinajstić information content (AvgIpc) is 3.32. The van der Waals surface area contributed by atoms with E-state index in [1.165, 1.54) is 23.2 Å². The van der Waals surface area contributed by atoms with Gasteiger partial charge >= 0.3 is 0 Å². The lowest BCUT2D eigenvalue weighted by Gasteiger charge is -2.17. The third-order valence-corrected chi connectivity index (χ3v) is 5.70. The minimum absolute atomic E-state index is 0.0608. The second kappa shape index (κ2) is 12.2. The normalized spacial score (nSPS) is 10.9. The van der Waals surface area contributed by atoms with Gasteiger partial charge in [0, 0.05) is 17.7 Å². The van der Waals surface area contributed by atoms with Crippen molar-refractivity contribution in [2.75, 3.05) is 26.4 Å². The van der Waals surface area contributed by atoms with Crippen molar-refractivity contribution in [3.8, 4) is 17.2 Å². The highest BCUT2D eigenvalue weighted by Gasteiger charge is 2.18. The van der Waals surface area contributed by atoms with Crippen LogP contribution in [0.3, 0.4) is 0 Å². The summed E-state index contributed by atoms with van der Waals surface area (Å²) >= 11 is 0. The van der Waals surface area contributed by atoms with Gasteiger partial charge in [-0.25, -0.2) is 14.1 Å². The number of fused-ring (bicyclic) bond motifs is 1. The predicted molar refractivity (Wildman–Crippen MR) is 140 cm³/mol. The summed E-state index contributed by atoms with van der Waals surface area (Å²) in [5, 5.41) is 7.42. The molecule has 4 rings (SSSR count). The Morgan fingerprint density at radius 1 is 1.03 bits per heavy atom. The first-order valence-corrected chi connectivity index (χ1v) is 12.5. The molecule has 10 nitrogen and oxygen atoms in total. The summed E-state index contributed by atoms with van der Waals surface area (Å²) in [5.74, 6) is 0.605. The number of carbonyl (C=O) groups is 1. The number of nitrogens with one attached hydrogen (secondary N) is 1. The number of ether oxygens (including phenoxy) is 3. The number of rotatable bonds is 12. The largest absolute Gasteiger partial charge is 0.490 e. The third-order valence-electron chi connectivity index (χ3n) is 5.70. The molecule has 4 aromatic rings. The van der Waals surface area contributed by atoms with Crippen molar-refractivity contribution in [3.05, 3.63) is 76.2 Å². The lowest BCUT2D eigenvalue weighted by Crippen LogP contribution is -2.28. The van der Waals surface area contributed by atoms with Gasteiger partial charge in [-0.2, -0.15) is 5.10 Å². The van der Waals surface area contributed by atoms with Gasteiger partial charge < -0.3 is 19.5 Å². The fraction of sp³-hybridized carbons (Fsp3) is 0.333. The standard InChI is InChI=1S/C27H30FN5O5/c1-4-36-22-13-19(14-23(37-5-2)24(22)38-6-3)26(34)29-11-12-33-25-20(15-31-33)27(35)32(17-30-25)16-18-9-7-8-10-21(18)28/h7-10,13-15,17H,4-6,11-12,16H2,1-3H3,(H,29,34). The van der Waals surface area contributed by atoms with Crippen LogP contribution in [0.2, 0.25) is 0 Å². The highest BCUT2D eigenvalue weighted by Crippen LogP contribution is 2.39. The van der Waals surface area contributed by atoms with Crippen LogP contribution in [-0.2, 0) is 13.1 Å². The van der Waals surface area contributed by atoms with Crippen LogP contribution in [0.1, 0.15) is 36.7 Å². The van der Waals surface area contributed by atoms with Gasteiger partial charge in [0.05, 0.1) is 39.1 Å². The van der Waals surface area contributed by atoms with Crippen LogP contribution in [0, 0.1) is 5.82 Å². The van der Waals surface area contributed by atoms with Crippen molar-refractivity contribution in [2.24, 2.45) is 0 Å². The molecule has 0 aliphatic heterocycles. The smallest absolute Gasteiger partial charge is 0.264 e. The third kappa shape index (κ3) is 5.77. The van der Waals surface area contributed by atoms with E-state index in [1.54, 1.807) is 35.0 Å². The minimum atomic E-state index is -0.389. The fourth-order valence-electron chi connectivity index (χ4n) is 3.98. The Hall–Kier alpha value is -4.41. The second-order valence-electron chi connectivity index (χ2n) is 8.23. The van der Waals surface area contributed by atoms with E-state index in [0.717, 1.165) is 0 Å². The molecule has 2 aromatic carbocycles. The zero-order valence-corrected chi connectivity index (χ0v) is 21.6. The van der Waals surface area contributed by atoms with Gasteiger partial charge in [0.1, 0.15) is 17.5 Å². The van der Waals surface area contributed by atoms with Crippen LogP contribution in [-0.4, -0.2) is 51.6 Å². The predicted octanol–water partition coefficient (Wildman–Crippen LogP) is 3.41. The molecule has 200 valence electrons. The quantitative estimate of drug-likeness (QED) is 0.303. The summed E-state index contributed by atoms with van der Waals surface area (Å²) in [6.07, 6.45) is 2.80. The van der Waals surface area contributed by atoms with Gasteiger partial charge in [-0.05, 0) is 39.0 Å². The van der Waals surface area contributed by atoms with Gasteiger partial charge in [0.25, 0.3) is 11.5 Å². The van der Waals surface area contributed by atoms with Crippen molar-refractivity contribution in [1.29, 1.82) is 0 Å². The zero-order chi connectivity index (χ0) is 27.1. The maximum atomic E-state index is 14.0. The molecular formula is C27H30FN5O5. The Labute approximate surface area is 219 Å². The number of carbonyl (C=O) groups excluding carboxylic acids is 1. The maximum absolute atomic E-state index is 14.0. The van der Waals surface area contributed by atoms with E-state index in [2.05, 4.69) is 15.4 Å². The number of benzene rings is 2. The summed E-state index contributed by atoms with van der Waals surface area (Å²) in [6, 6.07) is 9.52. The van der Waals surface area contributed by atoms with E-state index in [9.17, 15) is 14.0 Å². The Balaban J connectivity index is 1.47. The van der Waals surface area contributed by atoms with Crippen LogP contribution in [0.25, 0.3) is 11.0 Å². The number of aromatic nitrogens is 4. The molecule has 0 aliphatic carbocycles. The number of nitrogens with zero attached hydrogens (tertiary/aromatic N) is 4. The summed E-state index contributed by atoms with van der Waals surface area (Å²) in [7, 11) is 0. The van der Waals surface area contributed by atoms with E-state index in [4.69, 9.17) is 14.2 Å². The van der Waals surface area contributed by atoms with E-state index in [0.29, 0.717) is 59.2 Å². The molecule has 0 aliphatic rings. The van der Waals surface area contributed by atoms with Crippen LogP contribution >= 0.6 is 0 Å². The van der Waals surface area contributed by atoms with Crippen molar-refractivity contribution >= 4 is 16.9 Å². The molecule has 0 atom stereocenters. The van der Waals surface area contributed by atoms with Gasteiger partial charge in [-0.1, -0.05) is 18.2 Å². The zero-order valence-electron chi connectivity index (χ0n) is 21.6. The number of hydrogen-bond donors (Lipinski definition) is 1. The lowest BCUT2D eigenvalue weighted by atomic mass is 10.1. The molecule has 0 saturated carbocycles. The van der Waals surface area contributed by atoms with E-state index >= 15 is 0 Å². The number of hydrogen-bond acceptors (Lipinski definition) is 7. The van der Waals surface area contributed by atoms with Gasteiger partial charge in [-0.3, -0.25) is 14.2 Å². The van der Waals surface area contributed by atoms with E-state index in [-0.39, 0.29) is 36.9 Å².